The fraction of sp³-hybridized carbons (Fsp3) is 0. The van der Waals surface area contributed by atoms with Crippen LogP contribution in [0.15, 0.2) is 109 Å². The van der Waals surface area contributed by atoms with E-state index in [0.29, 0.717) is 22.8 Å². The van der Waals surface area contributed by atoms with Crippen LogP contribution in [0.1, 0.15) is 0 Å². The van der Waals surface area contributed by atoms with Crippen molar-refractivity contribution in [3.63, 3.8) is 0 Å². The van der Waals surface area contributed by atoms with Gasteiger partial charge >= 0.3 is 5.95 Å². The zero-order chi connectivity index (χ0) is 27.5. The van der Waals surface area contributed by atoms with Crippen LogP contribution in [0.2, 0.25) is 0 Å². The molecule has 5 aromatic heterocycles. The molecule has 0 atom stereocenters. The number of rotatable bonds is 1. The first-order valence-electron chi connectivity index (χ1n) is 13.8. The number of hydrogen-bond acceptors (Lipinski definition) is 3. The number of para-hydroxylation sites is 2. The van der Waals surface area contributed by atoms with Crippen molar-refractivity contribution in [3.05, 3.63) is 121 Å². The molecule has 0 aliphatic carbocycles. The molecule has 0 unspecified atom stereocenters. The van der Waals surface area contributed by atoms with Gasteiger partial charge in [-0.25, -0.2) is 4.98 Å². The maximum Gasteiger partial charge on any atom is 0.333 e. The molecule has 0 amide bonds. The van der Waals surface area contributed by atoms with E-state index in [0.717, 1.165) is 38.1 Å². The first-order chi connectivity index (χ1) is 20.8. The van der Waals surface area contributed by atoms with E-state index >= 15 is 0 Å². The highest BCUT2D eigenvalue weighted by molar-refractivity contribution is 6.34. The van der Waals surface area contributed by atoms with Crippen LogP contribution in [-0.4, -0.2) is 23.9 Å². The Balaban J connectivity index is 1.54. The molecule has 0 spiro atoms. The molecule has 10 rings (SSSR count). The molecular formula is C36H18N6. The van der Waals surface area contributed by atoms with Crippen LogP contribution in [0.4, 0.5) is 5.82 Å². The average Bonchev–Trinajstić information content (AvgIpc) is 3.67. The summed E-state index contributed by atoms with van der Waals surface area (Å²) in [5.74, 6) is 0.746. The maximum atomic E-state index is 7.93. The molecule has 10 aromatic rings. The molecular weight excluding hydrogens is 516 g/mol. The van der Waals surface area contributed by atoms with Crippen molar-refractivity contribution in [2.75, 3.05) is 0 Å². The van der Waals surface area contributed by atoms with Crippen LogP contribution in [0.25, 0.3) is 92.5 Å². The van der Waals surface area contributed by atoms with Crippen LogP contribution >= 0.6 is 0 Å². The molecule has 0 saturated heterocycles. The Hall–Kier alpha value is -6.06. The fourth-order valence-electron chi connectivity index (χ4n) is 7.02. The van der Waals surface area contributed by atoms with Gasteiger partial charge in [-0.3, -0.25) is 4.57 Å². The van der Waals surface area contributed by atoms with E-state index in [-0.39, 0.29) is 0 Å². The van der Waals surface area contributed by atoms with E-state index in [1.165, 1.54) is 32.6 Å². The van der Waals surface area contributed by atoms with Gasteiger partial charge in [0.15, 0.2) is 5.65 Å². The van der Waals surface area contributed by atoms with Gasteiger partial charge in [0.25, 0.3) is 5.82 Å². The Kier molecular flexibility index (Phi) is 3.91. The number of hydrogen-bond donors (Lipinski definition) is 0. The van der Waals surface area contributed by atoms with E-state index in [4.69, 9.17) is 16.5 Å². The quantitative estimate of drug-likeness (QED) is 0.198. The molecule has 5 aromatic carbocycles. The molecule has 0 aliphatic rings. The van der Waals surface area contributed by atoms with E-state index in [2.05, 4.69) is 110 Å². The summed E-state index contributed by atoms with van der Waals surface area (Å²) in [7, 11) is 0. The SMILES string of the molecule is [C-]#[N+]c1nc(-n2c3cc4ccccc4cc3c3cc4c5ccccc5n5c6ccccc6c(c32)c45)nc2ncccc12. The second-order valence-electron chi connectivity index (χ2n) is 10.8. The topological polar surface area (TPSA) is 52.4 Å². The molecule has 0 fully saturated rings. The van der Waals surface area contributed by atoms with Crippen LogP contribution in [0.5, 0.6) is 0 Å². The summed E-state index contributed by atoms with van der Waals surface area (Å²) in [5, 5.41) is 9.99. The average molecular weight is 535 g/mol. The molecule has 0 aliphatic heterocycles. The van der Waals surface area contributed by atoms with Crippen LogP contribution < -0.4 is 0 Å². The van der Waals surface area contributed by atoms with Gasteiger partial charge in [-0.15, -0.1) is 0 Å². The van der Waals surface area contributed by atoms with Gasteiger partial charge in [0, 0.05) is 43.9 Å². The Bertz CT molecular complexity index is 2810. The summed E-state index contributed by atoms with van der Waals surface area (Å²) in [6.07, 6.45) is 1.71. The predicted molar refractivity (Wildman–Crippen MR) is 170 cm³/mol. The summed E-state index contributed by atoms with van der Waals surface area (Å²) in [6, 6.07) is 36.2. The number of pyridine rings is 1. The third-order valence-electron chi connectivity index (χ3n) is 8.71. The molecule has 0 saturated carbocycles. The molecule has 42 heavy (non-hydrogen) atoms. The Morgan fingerprint density at radius 3 is 2.10 bits per heavy atom. The molecule has 0 radical (unpaired) electrons. The fourth-order valence-corrected chi connectivity index (χ4v) is 7.02. The normalized spacial score (nSPS) is 12.3. The van der Waals surface area contributed by atoms with E-state index in [1.54, 1.807) is 6.20 Å². The van der Waals surface area contributed by atoms with Crippen LogP contribution in [0, 0.1) is 6.57 Å². The number of fused-ring (bicyclic) bond motifs is 12. The van der Waals surface area contributed by atoms with E-state index < -0.39 is 0 Å². The van der Waals surface area contributed by atoms with Gasteiger partial charge in [-0.1, -0.05) is 78.3 Å². The van der Waals surface area contributed by atoms with Crippen molar-refractivity contribution in [3.8, 4) is 5.95 Å². The summed E-state index contributed by atoms with van der Waals surface area (Å²) < 4.78 is 4.54. The maximum absolute atomic E-state index is 7.93. The lowest BCUT2D eigenvalue weighted by Gasteiger charge is -2.07. The number of nitrogens with zero attached hydrogens (tertiary/aromatic N) is 6. The lowest BCUT2D eigenvalue weighted by Crippen LogP contribution is -2.02. The number of benzene rings is 5. The predicted octanol–water partition coefficient (Wildman–Crippen LogP) is 8.98. The molecule has 192 valence electrons. The van der Waals surface area contributed by atoms with Crippen molar-refractivity contribution < 1.29 is 0 Å². The zero-order valence-corrected chi connectivity index (χ0v) is 22.1. The second-order valence-corrected chi connectivity index (χ2v) is 10.8. The highest BCUT2D eigenvalue weighted by Gasteiger charge is 2.26. The Morgan fingerprint density at radius 1 is 0.571 bits per heavy atom. The van der Waals surface area contributed by atoms with E-state index in [9.17, 15) is 0 Å². The van der Waals surface area contributed by atoms with Gasteiger partial charge in [0.1, 0.15) is 0 Å². The largest absolute Gasteiger partial charge is 0.360 e. The van der Waals surface area contributed by atoms with Gasteiger partial charge in [-0.2, -0.15) is 4.98 Å². The van der Waals surface area contributed by atoms with E-state index in [1.807, 2.05) is 12.1 Å². The van der Waals surface area contributed by atoms with Crippen molar-refractivity contribution in [1.29, 1.82) is 0 Å². The number of aromatic nitrogens is 5. The van der Waals surface area contributed by atoms with Crippen molar-refractivity contribution in [2.45, 2.75) is 0 Å². The van der Waals surface area contributed by atoms with Crippen molar-refractivity contribution >= 4 is 87.5 Å². The summed E-state index contributed by atoms with van der Waals surface area (Å²) in [4.78, 5) is 18.1. The minimum atomic E-state index is 0.297. The van der Waals surface area contributed by atoms with Gasteiger partial charge in [0.05, 0.1) is 27.6 Å². The highest BCUT2D eigenvalue weighted by atomic mass is 15.2. The van der Waals surface area contributed by atoms with Crippen LogP contribution in [-0.2, 0) is 0 Å². The molecule has 6 heteroatoms. The second kappa shape index (κ2) is 7.57. The zero-order valence-electron chi connectivity index (χ0n) is 22.1. The lowest BCUT2D eigenvalue weighted by atomic mass is 10.0. The molecule has 6 nitrogen and oxygen atoms in total. The van der Waals surface area contributed by atoms with Gasteiger partial charge in [-0.05, 0) is 47.2 Å². The van der Waals surface area contributed by atoms with Crippen LogP contribution in [0.3, 0.4) is 0 Å². The molecule has 0 N–H and O–H groups in total. The third-order valence-corrected chi connectivity index (χ3v) is 8.71. The van der Waals surface area contributed by atoms with Crippen molar-refractivity contribution in [2.24, 2.45) is 0 Å². The summed E-state index contributed by atoms with van der Waals surface area (Å²) in [6.45, 7) is 7.93. The monoisotopic (exact) mass is 534 g/mol. The minimum absolute atomic E-state index is 0.297. The Labute approximate surface area is 237 Å². The molecule has 0 bridgehead atoms. The molecule has 5 heterocycles. The minimum Gasteiger partial charge on any atom is -0.360 e. The van der Waals surface area contributed by atoms with Gasteiger partial charge < -0.3 is 9.25 Å². The highest BCUT2D eigenvalue weighted by Crippen LogP contribution is 2.46. The first-order valence-corrected chi connectivity index (χ1v) is 13.8. The smallest absolute Gasteiger partial charge is 0.333 e. The first kappa shape index (κ1) is 21.7. The Morgan fingerprint density at radius 2 is 1.26 bits per heavy atom. The summed E-state index contributed by atoms with van der Waals surface area (Å²) in [5.41, 5.74) is 6.08. The van der Waals surface area contributed by atoms with Gasteiger partial charge in [0.2, 0.25) is 0 Å². The standard InChI is InChI=1S/C36H18N6/c1-37-34-24-13-8-16-38-35(24)40-36(39-34)42-30-18-21-10-3-2-9-20(21)17-25(30)27-19-26-22-11-4-6-14-28(22)41-29-15-7-5-12-23(29)31(32(26)41)33(27)42/h2-19H. The third kappa shape index (κ3) is 2.56. The van der Waals surface area contributed by atoms with Crippen molar-refractivity contribution in [1.82, 2.24) is 23.9 Å². The summed E-state index contributed by atoms with van der Waals surface area (Å²) >= 11 is 0. The lowest BCUT2D eigenvalue weighted by molar-refractivity contribution is 1.01.